The molecule has 4 nitrogen and oxygen atoms in total. The van der Waals surface area contributed by atoms with Gasteiger partial charge in [-0.1, -0.05) is 33.6 Å². The van der Waals surface area contributed by atoms with E-state index in [9.17, 15) is 13.5 Å². The van der Waals surface area contributed by atoms with Crippen LogP contribution in [0.1, 0.15) is 79.6 Å². The average molecular weight is 792 g/mol. The number of hydrogen-bond donors (Lipinski definition) is 2. The minimum atomic E-state index is -3.03. The third-order valence-corrected chi connectivity index (χ3v) is 15.8. The summed E-state index contributed by atoms with van der Waals surface area (Å²) in [5.74, 6) is 17.0. The van der Waals surface area contributed by atoms with Crippen molar-refractivity contribution in [3.05, 3.63) is 6.10 Å². The van der Waals surface area contributed by atoms with Crippen LogP contribution in [0, 0.1) is 113 Å². The Kier molecular flexibility index (Phi) is 6.78. The smallest absolute Gasteiger partial charge is 0.208 e. The maximum atomic E-state index is 11.3. The topological polar surface area (TPSA) is 66.4 Å². The fraction of sp³-hybridized carbons (Fsp3) is 0.970. The molecule has 0 aromatic heterocycles. The van der Waals surface area contributed by atoms with Gasteiger partial charge in [0.1, 0.15) is 0 Å². The zero-order valence-corrected chi connectivity index (χ0v) is 28.8. The molecule has 0 aromatic carbocycles. The van der Waals surface area contributed by atoms with Crippen molar-refractivity contribution in [2.75, 3.05) is 12.8 Å². The van der Waals surface area contributed by atoms with Crippen LogP contribution in [0.5, 0.6) is 0 Å². The molecule has 8 rings (SSSR count). The number of hydrogen-bond acceptors (Lipinski definition) is 3. The Morgan fingerprint density at radius 1 is 0.667 bits per heavy atom. The van der Waals surface area contributed by atoms with Crippen LogP contribution < -0.4 is 4.72 Å². The van der Waals surface area contributed by atoms with Gasteiger partial charge in [0.2, 0.25) is 10.0 Å². The molecule has 6 heteroatoms. The first-order valence-corrected chi connectivity index (χ1v) is 18.3. The Morgan fingerprint density at radius 2 is 1.08 bits per heavy atom. The first-order valence-electron chi connectivity index (χ1n) is 16.4. The summed E-state index contributed by atoms with van der Waals surface area (Å²) < 4.78 is 25.4. The third kappa shape index (κ3) is 4.08. The number of sulfonamides is 1. The number of rotatable bonds is 5. The van der Waals surface area contributed by atoms with Crippen LogP contribution in [0.3, 0.4) is 0 Å². The molecule has 8 aliphatic carbocycles. The molecule has 2 N–H and O–H groups in total. The zero-order valence-electron chi connectivity index (χ0n) is 25.1. The molecule has 18 unspecified atom stereocenters. The van der Waals surface area contributed by atoms with Crippen LogP contribution in [-0.4, -0.2) is 26.3 Å². The van der Waals surface area contributed by atoms with Crippen molar-refractivity contribution in [2.45, 2.75) is 79.6 Å². The summed E-state index contributed by atoms with van der Waals surface area (Å²) in [5, 5.41) is 9.62. The summed E-state index contributed by atoms with van der Waals surface area (Å²) in [6.45, 7) is 12.5. The molecule has 8 bridgehead atoms. The summed E-state index contributed by atoms with van der Waals surface area (Å²) in [5.41, 5.74) is 0. The van der Waals surface area contributed by atoms with E-state index in [0.717, 1.165) is 107 Å². The zero-order chi connectivity index (χ0) is 26.8. The Labute approximate surface area is 232 Å². The van der Waals surface area contributed by atoms with E-state index >= 15 is 0 Å². The van der Waals surface area contributed by atoms with Gasteiger partial charge in [0.05, 0.1) is 6.26 Å². The largest absolute Gasteiger partial charge is 0.563 e. The Bertz CT molecular complexity index is 1030. The molecule has 224 valence electrons. The van der Waals surface area contributed by atoms with Gasteiger partial charge in [-0.3, -0.25) is 0 Å². The van der Waals surface area contributed by atoms with E-state index in [1.807, 2.05) is 6.92 Å². The van der Waals surface area contributed by atoms with Gasteiger partial charge in [-0.25, -0.2) is 19.2 Å². The predicted octanol–water partition coefficient (Wildman–Crippen LogP) is 6.46. The third-order valence-electron chi connectivity index (χ3n) is 15.1. The second-order valence-corrected chi connectivity index (χ2v) is 18.1. The van der Waals surface area contributed by atoms with Crippen molar-refractivity contribution >= 4 is 10.0 Å². The van der Waals surface area contributed by atoms with E-state index < -0.39 is 10.0 Å². The maximum Gasteiger partial charge on any atom is 0.208 e. The molecular formula is C33H54CmNO3S-. The van der Waals surface area contributed by atoms with E-state index in [-0.39, 0.29) is 0 Å². The number of aliphatic hydroxyl groups is 1. The molecule has 0 heterocycles. The second kappa shape index (κ2) is 9.45. The summed E-state index contributed by atoms with van der Waals surface area (Å²) in [6, 6.07) is 0. The molecule has 8 aliphatic rings. The van der Waals surface area contributed by atoms with Gasteiger partial charge in [0, 0.05) is 6.54 Å². The molecule has 8 fully saturated rings. The van der Waals surface area contributed by atoms with Crippen LogP contribution >= 0.6 is 0 Å². The van der Waals surface area contributed by atoms with Crippen molar-refractivity contribution in [3.63, 3.8) is 0 Å². The maximum absolute atomic E-state index is 11.3. The van der Waals surface area contributed by atoms with E-state index in [2.05, 4.69) is 32.4 Å². The Morgan fingerprint density at radius 3 is 1.51 bits per heavy atom. The van der Waals surface area contributed by atoms with Gasteiger partial charge >= 0.3 is 0 Å². The fourth-order valence-electron chi connectivity index (χ4n) is 13.8. The molecule has 0 aliphatic heterocycles. The van der Waals surface area contributed by atoms with Crippen molar-refractivity contribution in [3.8, 4) is 0 Å². The molecule has 8 saturated carbocycles. The van der Waals surface area contributed by atoms with Crippen molar-refractivity contribution in [2.24, 2.45) is 107 Å². The SMILES string of the molecule is CC1C(C)C2CC1C1C3CC(CNS(C)(=O)=O)C(C3)C21.C[C-](O)CC1CC2CC1C1C3CC(C(C)C3C)C21.[Cm]. The van der Waals surface area contributed by atoms with E-state index in [1.54, 1.807) is 6.42 Å². The standard InChI is InChI=1S/C17H27O.C16H27NO2S.Cm/c1-8(18)4-11-5-12-6-15(11)17-14-7-13(16(12)17)9(2)10(14)3;1-8-9(2)13-6-12(8)15-10-4-11(7-17-20(3,18)19)14(5-10)16(13)15;/h9-18H,4-7H2,1-3H3;8-17H,4-7H2,1-3H3;/q-1;;. The van der Waals surface area contributed by atoms with Gasteiger partial charge in [0.15, 0.2) is 0 Å². The molecular weight excluding hydrogens is 737 g/mol. The molecule has 0 saturated heterocycles. The van der Waals surface area contributed by atoms with Crippen LogP contribution in [0.2, 0.25) is 0 Å². The van der Waals surface area contributed by atoms with Gasteiger partial charge in [-0.2, -0.15) is 13.3 Å². The normalized spacial score (nSPS) is 57.0. The molecule has 18 atom stereocenters. The van der Waals surface area contributed by atoms with Crippen LogP contribution in [0.4, 0.5) is 0 Å². The minimum absolute atomic E-state index is 0. The summed E-state index contributed by atoms with van der Waals surface area (Å²) in [4.78, 5) is 0. The number of nitrogens with one attached hydrogen (secondary N) is 1. The van der Waals surface area contributed by atoms with Crippen molar-refractivity contribution in [1.82, 2.24) is 4.72 Å². The minimum Gasteiger partial charge on any atom is -0.563 e. The second-order valence-electron chi connectivity index (χ2n) is 16.2. The van der Waals surface area contributed by atoms with Gasteiger partial charge in [-0.15, -0.1) is 0 Å². The fourth-order valence-corrected chi connectivity index (χ4v) is 14.4. The first-order chi connectivity index (χ1) is 17.9. The van der Waals surface area contributed by atoms with E-state index in [1.165, 1.54) is 38.4 Å². The average Bonchev–Trinajstić information content (AvgIpc) is 3.67. The van der Waals surface area contributed by atoms with E-state index in [0.29, 0.717) is 18.6 Å². The number of fused-ring (bicyclic) bond motifs is 18. The van der Waals surface area contributed by atoms with Crippen LogP contribution in [0.15, 0.2) is 0 Å². The van der Waals surface area contributed by atoms with Gasteiger partial charge in [0.25, 0.3) is 0 Å². The van der Waals surface area contributed by atoms with Gasteiger partial charge in [-0.05, 0) is 139 Å². The quantitative estimate of drug-likeness (QED) is 0.249. The predicted molar refractivity (Wildman–Crippen MR) is 152 cm³/mol. The molecule has 39 heavy (non-hydrogen) atoms. The Balaban J connectivity index is 0.000000139. The first kappa shape index (κ1) is 28.0. The monoisotopic (exact) mass is 787 g/mol. The summed E-state index contributed by atoms with van der Waals surface area (Å²) >= 11 is 0. The van der Waals surface area contributed by atoms with Crippen LogP contribution in [-0.2, 0) is 10.0 Å². The van der Waals surface area contributed by atoms with Crippen molar-refractivity contribution < 1.29 is 13.5 Å². The Hall–Kier alpha value is -1.13. The van der Waals surface area contributed by atoms with Crippen LogP contribution in [0.25, 0.3) is 0 Å². The summed E-state index contributed by atoms with van der Waals surface area (Å²) in [7, 11) is -3.03. The molecule has 0 spiro atoms. The summed E-state index contributed by atoms with van der Waals surface area (Å²) in [6.07, 6.45) is 11.5. The van der Waals surface area contributed by atoms with Crippen molar-refractivity contribution in [1.29, 1.82) is 0 Å². The number of aliphatic hydroxyl groups excluding tert-OH is 1. The van der Waals surface area contributed by atoms with Gasteiger partial charge < -0.3 is 5.11 Å². The molecule has 0 amide bonds. The molecule has 0 aromatic rings. The van der Waals surface area contributed by atoms with E-state index in [4.69, 9.17) is 0 Å². The molecule has 0 radical (unpaired) electrons.